The Hall–Kier alpha value is -0.380. The van der Waals surface area contributed by atoms with E-state index in [-0.39, 0.29) is 0 Å². The van der Waals surface area contributed by atoms with Crippen molar-refractivity contribution in [3.63, 3.8) is 0 Å². The third kappa shape index (κ3) is 2.10. The fourth-order valence-electron chi connectivity index (χ4n) is 2.60. The molecule has 1 aliphatic heterocycles. The maximum Gasteiger partial charge on any atom is 0.0481 e. The Bertz CT molecular complexity index is 319. The number of aryl methyl sites for hydroxylation is 1. The molecular formula is C12H20N2S. The van der Waals surface area contributed by atoms with Crippen molar-refractivity contribution in [3.8, 4) is 0 Å². The van der Waals surface area contributed by atoms with Crippen LogP contribution in [-0.4, -0.2) is 32.1 Å². The second-order valence-electron chi connectivity index (χ2n) is 4.50. The lowest BCUT2D eigenvalue weighted by molar-refractivity contribution is 0.278. The highest BCUT2D eigenvalue weighted by Gasteiger charge is 2.33. The van der Waals surface area contributed by atoms with Gasteiger partial charge in [-0.25, -0.2) is 0 Å². The molecule has 0 amide bonds. The molecule has 3 heteroatoms. The van der Waals surface area contributed by atoms with Crippen molar-refractivity contribution in [3.05, 3.63) is 21.9 Å². The molecule has 0 aromatic carbocycles. The summed E-state index contributed by atoms with van der Waals surface area (Å²) < 4.78 is 0. The van der Waals surface area contributed by atoms with Crippen molar-refractivity contribution >= 4 is 11.3 Å². The molecule has 1 aliphatic rings. The summed E-state index contributed by atoms with van der Waals surface area (Å²) in [5.41, 5.74) is 1.46. The van der Waals surface area contributed by atoms with E-state index in [1.54, 1.807) is 4.88 Å². The summed E-state index contributed by atoms with van der Waals surface area (Å²) in [4.78, 5) is 4.07. The molecule has 0 bridgehead atoms. The van der Waals surface area contributed by atoms with Gasteiger partial charge < -0.3 is 5.32 Å². The first-order valence-electron chi connectivity index (χ1n) is 5.63. The highest BCUT2D eigenvalue weighted by molar-refractivity contribution is 7.10. The van der Waals surface area contributed by atoms with Gasteiger partial charge in [0.05, 0.1) is 0 Å². The summed E-state index contributed by atoms with van der Waals surface area (Å²) in [7, 11) is 4.30. The maximum atomic E-state index is 3.32. The van der Waals surface area contributed by atoms with E-state index in [2.05, 4.69) is 42.7 Å². The normalized spacial score (nSPS) is 27.4. The number of thiophene rings is 1. The van der Waals surface area contributed by atoms with E-state index in [0.717, 1.165) is 12.5 Å². The van der Waals surface area contributed by atoms with E-state index >= 15 is 0 Å². The molecule has 15 heavy (non-hydrogen) atoms. The molecule has 0 radical (unpaired) electrons. The number of nitrogens with zero attached hydrogens (tertiary/aromatic N) is 1. The van der Waals surface area contributed by atoms with Crippen LogP contribution < -0.4 is 5.32 Å². The van der Waals surface area contributed by atoms with Crippen LogP contribution in [0, 0.1) is 12.8 Å². The highest BCUT2D eigenvalue weighted by Crippen LogP contribution is 2.39. The molecule has 0 saturated carbocycles. The van der Waals surface area contributed by atoms with E-state index < -0.39 is 0 Å². The average Bonchev–Trinajstić information content (AvgIpc) is 2.75. The van der Waals surface area contributed by atoms with Gasteiger partial charge in [0.2, 0.25) is 0 Å². The van der Waals surface area contributed by atoms with Gasteiger partial charge in [-0.2, -0.15) is 0 Å². The first kappa shape index (κ1) is 11.1. The molecule has 1 saturated heterocycles. The Kier molecular flexibility index (Phi) is 3.44. The molecular weight excluding hydrogens is 204 g/mol. The Morgan fingerprint density at radius 1 is 1.60 bits per heavy atom. The fourth-order valence-corrected chi connectivity index (χ4v) is 3.79. The molecule has 2 nitrogen and oxygen atoms in total. The zero-order chi connectivity index (χ0) is 10.8. The molecule has 1 aromatic heterocycles. The monoisotopic (exact) mass is 224 g/mol. The summed E-state index contributed by atoms with van der Waals surface area (Å²) in [5.74, 6) is 0.775. The zero-order valence-electron chi connectivity index (χ0n) is 9.79. The van der Waals surface area contributed by atoms with Crippen LogP contribution in [0.15, 0.2) is 11.4 Å². The van der Waals surface area contributed by atoms with Gasteiger partial charge in [-0.05, 0) is 63.5 Å². The number of hydrogen-bond acceptors (Lipinski definition) is 3. The fraction of sp³-hybridized carbons (Fsp3) is 0.667. The zero-order valence-corrected chi connectivity index (χ0v) is 10.6. The average molecular weight is 224 g/mol. The van der Waals surface area contributed by atoms with Gasteiger partial charge in [-0.3, -0.25) is 4.90 Å². The lowest BCUT2D eigenvalue weighted by Crippen LogP contribution is -2.26. The predicted molar refractivity (Wildman–Crippen MR) is 66.5 cm³/mol. The van der Waals surface area contributed by atoms with Crippen molar-refractivity contribution in [1.29, 1.82) is 0 Å². The van der Waals surface area contributed by atoms with E-state index in [9.17, 15) is 0 Å². The van der Waals surface area contributed by atoms with Crippen molar-refractivity contribution in [2.24, 2.45) is 5.92 Å². The van der Waals surface area contributed by atoms with Gasteiger partial charge in [-0.15, -0.1) is 11.3 Å². The minimum atomic E-state index is 0.637. The van der Waals surface area contributed by atoms with Gasteiger partial charge in [0.15, 0.2) is 0 Å². The van der Waals surface area contributed by atoms with Crippen LogP contribution in [0.2, 0.25) is 0 Å². The van der Waals surface area contributed by atoms with E-state index in [1.807, 2.05) is 11.3 Å². The lowest BCUT2D eigenvalue weighted by Gasteiger charge is -2.24. The largest absolute Gasteiger partial charge is 0.319 e. The van der Waals surface area contributed by atoms with Gasteiger partial charge in [0, 0.05) is 10.9 Å². The molecule has 2 unspecified atom stereocenters. The molecule has 2 heterocycles. The third-order valence-corrected chi connectivity index (χ3v) is 4.50. The Morgan fingerprint density at radius 3 is 3.00 bits per heavy atom. The van der Waals surface area contributed by atoms with E-state index in [0.29, 0.717) is 6.04 Å². The SMILES string of the molecule is CNCC1CCN(C)C1c1sccc1C. The molecule has 0 spiro atoms. The molecule has 84 valence electrons. The van der Waals surface area contributed by atoms with Crippen LogP contribution >= 0.6 is 11.3 Å². The molecule has 1 aromatic rings. The lowest BCUT2D eigenvalue weighted by atomic mass is 9.97. The van der Waals surface area contributed by atoms with Gasteiger partial charge in [0.25, 0.3) is 0 Å². The van der Waals surface area contributed by atoms with Gasteiger partial charge in [-0.1, -0.05) is 0 Å². The molecule has 1 fully saturated rings. The maximum absolute atomic E-state index is 3.32. The van der Waals surface area contributed by atoms with Crippen molar-refractivity contribution < 1.29 is 0 Å². The molecule has 0 aliphatic carbocycles. The van der Waals surface area contributed by atoms with Crippen LogP contribution in [0.1, 0.15) is 22.9 Å². The molecule has 2 atom stereocenters. The highest BCUT2D eigenvalue weighted by atomic mass is 32.1. The van der Waals surface area contributed by atoms with E-state index in [4.69, 9.17) is 0 Å². The molecule has 1 N–H and O–H groups in total. The number of hydrogen-bond donors (Lipinski definition) is 1. The second-order valence-corrected chi connectivity index (χ2v) is 5.45. The van der Waals surface area contributed by atoms with Crippen LogP contribution in [0.5, 0.6) is 0 Å². The van der Waals surface area contributed by atoms with Gasteiger partial charge in [0.1, 0.15) is 0 Å². The van der Waals surface area contributed by atoms with E-state index in [1.165, 1.54) is 18.5 Å². The Labute approximate surface area is 96.3 Å². The Morgan fingerprint density at radius 2 is 2.40 bits per heavy atom. The summed E-state index contributed by atoms with van der Waals surface area (Å²) in [6.07, 6.45) is 1.32. The number of rotatable bonds is 3. The second kappa shape index (κ2) is 4.64. The van der Waals surface area contributed by atoms with Crippen LogP contribution in [-0.2, 0) is 0 Å². The van der Waals surface area contributed by atoms with Crippen LogP contribution in [0.4, 0.5) is 0 Å². The predicted octanol–water partition coefficient (Wildman–Crippen LogP) is 2.27. The standard InChI is InChI=1S/C12H20N2S/c1-9-5-7-15-12(9)11-10(8-13-2)4-6-14(11)3/h5,7,10-11,13H,4,6,8H2,1-3H3. The molecule has 2 rings (SSSR count). The summed E-state index contributed by atoms with van der Waals surface area (Å²) in [5, 5.41) is 5.54. The number of likely N-dealkylation sites (tertiary alicyclic amines) is 1. The van der Waals surface area contributed by atoms with Crippen LogP contribution in [0.3, 0.4) is 0 Å². The quantitative estimate of drug-likeness (QED) is 0.847. The smallest absolute Gasteiger partial charge is 0.0481 e. The summed E-state index contributed by atoms with van der Waals surface area (Å²) in [6, 6.07) is 2.88. The first-order chi connectivity index (χ1) is 7.24. The van der Waals surface area contributed by atoms with Crippen LogP contribution in [0.25, 0.3) is 0 Å². The first-order valence-corrected chi connectivity index (χ1v) is 6.51. The minimum Gasteiger partial charge on any atom is -0.319 e. The topological polar surface area (TPSA) is 15.3 Å². The van der Waals surface area contributed by atoms with Crippen molar-refractivity contribution in [2.45, 2.75) is 19.4 Å². The third-order valence-electron chi connectivity index (χ3n) is 3.41. The van der Waals surface area contributed by atoms with Gasteiger partial charge >= 0.3 is 0 Å². The van der Waals surface area contributed by atoms with Crippen molar-refractivity contribution in [2.75, 3.05) is 27.2 Å². The Balaban J connectivity index is 2.21. The summed E-state index contributed by atoms with van der Waals surface area (Å²) in [6.45, 7) is 4.59. The summed E-state index contributed by atoms with van der Waals surface area (Å²) >= 11 is 1.91. The minimum absolute atomic E-state index is 0.637. The number of nitrogens with one attached hydrogen (secondary N) is 1. The van der Waals surface area contributed by atoms with Crippen molar-refractivity contribution in [1.82, 2.24) is 10.2 Å².